The first-order chi connectivity index (χ1) is 12.5. The van der Waals surface area contributed by atoms with Crippen molar-refractivity contribution in [1.29, 1.82) is 0 Å². The van der Waals surface area contributed by atoms with E-state index in [2.05, 4.69) is 15.8 Å². The zero-order valence-electron chi connectivity index (χ0n) is 13.9. The third-order valence-electron chi connectivity index (χ3n) is 3.49. The molecule has 132 valence electrons. The van der Waals surface area contributed by atoms with Crippen LogP contribution < -0.4 is 10.6 Å². The number of hydrogen-bond acceptors (Lipinski definition) is 5. The van der Waals surface area contributed by atoms with E-state index >= 15 is 0 Å². The van der Waals surface area contributed by atoms with Gasteiger partial charge in [0.05, 0.1) is 5.69 Å². The van der Waals surface area contributed by atoms with E-state index < -0.39 is 0 Å². The van der Waals surface area contributed by atoms with E-state index in [1.165, 1.54) is 6.20 Å². The highest BCUT2D eigenvalue weighted by molar-refractivity contribution is 6.30. The number of rotatable bonds is 5. The predicted octanol–water partition coefficient (Wildman–Crippen LogP) is 4.43. The quantitative estimate of drug-likeness (QED) is 0.457. The van der Waals surface area contributed by atoms with Gasteiger partial charge in [0.1, 0.15) is 11.3 Å². The third-order valence-corrected chi connectivity index (χ3v) is 3.74. The molecular weight excluding hydrogens is 354 g/mol. The highest BCUT2D eigenvalue weighted by Gasteiger charge is 2.17. The number of benzene rings is 2. The van der Waals surface area contributed by atoms with E-state index in [-0.39, 0.29) is 17.2 Å². The molecule has 0 radical (unpaired) electrons. The molecule has 2 aromatic carbocycles. The van der Waals surface area contributed by atoms with Crippen molar-refractivity contribution in [3.63, 3.8) is 0 Å². The van der Waals surface area contributed by atoms with Crippen molar-refractivity contribution in [2.24, 2.45) is 0 Å². The summed E-state index contributed by atoms with van der Waals surface area (Å²) in [5.74, 6) is 0.126. The fraction of sp³-hybridized carbons (Fsp3) is 0.0526. The molecule has 3 aromatic rings. The van der Waals surface area contributed by atoms with Crippen molar-refractivity contribution in [3.8, 4) is 5.75 Å². The van der Waals surface area contributed by atoms with Gasteiger partial charge in [0.15, 0.2) is 5.76 Å². The van der Waals surface area contributed by atoms with Gasteiger partial charge in [-0.2, -0.15) is 0 Å². The average Bonchev–Trinajstić information content (AvgIpc) is 3.05. The van der Waals surface area contributed by atoms with Gasteiger partial charge >= 0.3 is 0 Å². The molecule has 0 aliphatic carbocycles. The SMILES string of the molecule is Cc1cc(C(=CNc2ccc(O)cc2)C(=O)Nc2ccc(Cl)cc2)on1. The first-order valence-electron chi connectivity index (χ1n) is 7.77. The standard InChI is InChI=1S/C19H16ClN3O3/c1-12-10-18(26-23-12)17(11-21-14-6-8-16(24)9-7-14)19(25)22-15-4-2-13(20)3-5-15/h2-11,21,24H,1H3,(H,22,25). The Bertz CT molecular complexity index is 931. The van der Waals surface area contributed by atoms with Gasteiger partial charge in [-0.05, 0) is 55.5 Å². The first-order valence-corrected chi connectivity index (χ1v) is 8.15. The van der Waals surface area contributed by atoms with E-state index in [4.69, 9.17) is 16.1 Å². The van der Waals surface area contributed by atoms with Gasteiger partial charge < -0.3 is 20.3 Å². The molecule has 0 saturated carbocycles. The van der Waals surface area contributed by atoms with E-state index in [0.717, 1.165) is 0 Å². The number of anilines is 2. The van der Waals surface area contributed by atoms with Crippen LogP contribution >= 0.6 is 11.6 Å². The van der Waals surface area contributed by atoms with Gasteiger partial charge in [0, 0.05) is 28.7 Å². The van der Waals surface area contributed by atoms with Crippen LogP contribution in [0.1, 0.15) is 11.5 Å². The second-order valence-corrected chi connectivity index (χ2v) is 5.98. The predicted molar refractivity (Wildman–Crippen MR) is 101 cm³/mol. The maximum absolute atomic E-state index is 12.7. The van der Waals surface area contributed by atoms with E-state index in [1.807, 2.05) is 0 Å². The molecule has 7 heteroatoms. The Labute approximate surface area is 155 Å². The summed E-state index contributed by atoms with van der Waals surface area (Å²) in [6.07, 6.45) is 1.53. The summed E-state index contributed by atoms with van der Waals surface area (Å²) in [5.41, 5.74) is 2.24. The Kier molecular flexibility index (Phi) is 5.24. The van der Waals surface area contributed by atoms with Gasteiger partial charge in [0.25, 0.3) is 5.91 Å². The number of aryl methyl sites for hydroxylation is 1. The summed E-state index contributed by atoms with van der Waals surface area (Å²) in [4.78, 5) is 12.7. The molecule has 1 amide bonds. The van der Waals surface area contributed by atoms with Gasteiger partial charge in [-0.3, -0.25) is 4.79 Å². The summed E-state index contributed by atoms with van der Waals surface area (Å²) in [6.45, 7) is 1.77. The Balaban J connectivity index is 1.84. The van der Waals surface area contributed by atoms with E-state index in [0.29, 0.717) is 27.9 Å². The van der Waals surface area contributed by atoms with Gasteiger partial charge in [-0.1, -0.05) is 16.8 Å². The van der Waals surface area contributed by atoms with Crippen LogP contribution in [0.5, 0.6) is 5.75 Å². The second-order valence-electron chi connectivity index (χ2n) is 5.54. The average molecular weight is 370 g/mol. The number of carbonyl (C=O) groups excluding carboxylic acids is 1. The summed E-state index contributed by atoms with van der Waals surface area (Å²) >= 11 is 5.86. The van der Waals surface area contributed by atoms with Crippen molar-refractivity contribution < 1.29 is 14.4 Å². The molecule has 0 fully saturated rings. The van der Waals surface area contributed by atoms with Crippen LogP contribution in [0.25, 0.3) is 5.57 Å². The number of hydrogen-bond donors (Lipinski definition) is 3. The molecule has 1 aromatic heterocycles. The number of aromatic hydroxyl groups is 1. The lowest BCUT2D eigenvalue weighted by Crippen LogP contribution is -2.14. The minimum Gasteiger partial charge on any atom is -0.508 e. The van der Waals surface area contributed by atoms with Gasteiger partial charge in [-0.15, -0.1) is 0 Å². The molecule has 0 aliphatic heterocycles. The number of aromatic nitrogens is 1. The molecule has 6 nitrogen and oxygen atoms in total. The zero-order valence-corrected chi connectivity index (χ0v) is 14.6. The van der Waals surface area contributed by atoms with Crippen LogP contribution in [0.15, 0.2) is 65.3 Å². The number of carbonyl (C=O) groups is 1. The van der Waals surface area contributed by atoms with Gasteiger partial charge in [0.2, 0.25) is 0 Å². The van der Waals surface area contributed by atoms with Crippen molar-refractivity contribution in [3.05, 3.63) is 77.3 Å². The maximum atomic E-state index is 12.7. The Hall–Kier alpha value is -3.25. The van der Waals surface area contributed by atoms with Crippen LogP contribution in [0.3, 0.4) is 0 Å². The Morgan fingerprint density at radius 2 is 1.77 bits per heavy atom. The molecule has 3 N–H and O–H groups in total. The van der Waals surface area contributed by atoms with E-state index in [1.54, 1.807) is 61.5 Å². The molecular formula is C19H16ClN3O3. The first kappa shape index (κ1) is 17.6. The number of nitrogens with zero attached hydrogens (tertiary/aromatic N) is 1. The molecule has 0 aliphatic rings. The highest BCUT2D eigenvalue weighted by Crippen LogP contribution is 2.21. The number of nitrogens with one attached hydrogen (secondary N) is 2. The van der Waals surface area contributed by atoms with Crippen LogP contribution in [-0.4, -0.2) is 16.2 Å². The Morgan fingerprint density at radius 1 is 1.12 bits per heavy atom. The molecule has 0 unspecified atom stereocenters. The normalized spacial score (nSPS) is 11.2. The summed E-state index contributed by atoms with van der Waals surface area (Å²) in [7, 11) is 0. The lowest BCUT2D eigenvalue weighted by Gasteiger charge is -2.08. The summed E-state index contributed by atoms with van der Waals surface area (Å²) in [5, 5.41) is 19.6. The highest BCUT2D eigenvalue weighted by atomic mass is 35.5. The molecule has 3 rings (SSSR count). The molecule has 0 atom stereocenters. The van der Waals surface area contributed by atoms with Crippen LogP contribution in [0, 0.1) is 6.92 Å². The monoisotopic (exact) mass is 369 g/mol. The molecule has 1 heterocycles. The minimum absolute atomic E-state index is 0.158. The number of phenolic OH excluding ortho intramolecular Hbond substituents is 1. The lowest BCUT2D eigenvalue weighted by molar-refractivity contribution is -0.111. The fourth-order valence-electron chi connectivity index (χ4n) is 2.18. The molecule has 0 saturated heterocycles. The third kappa shape index (κ3) is 4.43. The van der Waals surface area contributed by atoms with Crippen molar-refractivity contribution in [2.45, 2.75) is 6.92 Å². The van der Waals surface area contributed by atoms with E-state index in [9.17, 15) is 9.90 Å². The molecule has 26 heavy (non-hydrogen) atoms. The van der Waals surface area contributed by atoms with Crippen molar-refractivity contribution >= 4 is 34.5 Å². The summed E-state index contributed by atoms with van der Waals surface area (Å²) < 4.78 is 5.23. The zero-order chi connectivity index (χ0) is 18.5. The largest absolute Gasteiger partial charge is 0.508 e. The number of amides is 1. The Morgan fingerprint density at radius 3 is 2.38 bits per heavy atom. The second kappa shape index (κ2) is 7.76. The van der Waals surface area contributed by atoms with Crippen LogP contribution in [-0.2, 0) is 4.79 Å². The molecule has 0 spiro atoms. The number of halogens is 1. The fourth-order valence-corrected chi connectivity index (χ4v) is 2.31. The topological polar surface area (TPSA) is 87.4 Å². The van der Waals surface area contributed by atoms with Crippen molar-refractivity contribution in [2.75, 3.05) is 10.6 Å². The summed E-state index contributed by atoms with van der Waals surface area (Å²) in [6, 6.07) is 14.9. The van der Waals surface area contributed by atoms with Crippen LogP contribution in [0.2, 0.25) is 5.02 Å². The van der Waals surface area contributed by atoms with Crippen molar-refractivity contribution in [1.82, 2.24) is 5.16 Å². The molecule has 0 bridgehead atoms. The smallest absolute Gasteiger partial charge is 0.261 e. The minimum atomic E-state index is -0.366. The lowest BCUT2D eigenvalue weighted by atomic mass is 10.2. The van der Waals surface area contributed by atoms with Crippen LogP contribution in [0.4, 0.5) is 11.4 Å². The number of phenols is 1. The maximum Gasteiger partial charge on any atom is 0.261 e. The van der Waals surface area contributed by atoms with Gasteiger partial charge in [-0.25, -0.2) is 0 Å².